The Morgan fingerprint density at radius 3 is 1.92 bits per heavy atom. The zero-order valence-electron chi connectivity index (χ0n) is 20.7. The van der Waals surface area contributed by atoms with E-state index in [1.54, 1.807) is 0 Å². The Labute approximate surface area is 227 Å². The van der Waals surface area contributed by atoms with Crippen molar-refractivity contribution in [1.82, 2.24) is 4.98 Å². The quantitative estimate of drug-likeness (QED) is 0.172. The van der Waals surface area contributed by atoms with Crippen molar-refractivity contribution < 1.29 is 0 Å². The lowest BCUT2D eigenvalue weighted by molar-refractivity contribution is 1.43. The van der Waals surface area contributed by atoms with Crippen molar-refractivity contribution in [2.24, 2.45) is 0 Å². The van der Waals surface area contributed by atoms with E-state index in [4.69, 9.17) is 16.8 Å². The molecule has 0 saturated carbocycles. The van der Waals surface area contributed by atoms with Gasteiger partial charge in [-0.1, -0.05) is 133 Å². The highest BCUT2D eigenvalue weighted by molar-refractivity contribution is 8.25. The van der Waals surface area contributed by atoms with Gasteiger partial charge >= 0.3 is 0 Å². The number of fused-ring (bicyclic) bond motifs is 4. The van der Waals surface area contributed by atoms with Crippen LogP contribution in [0.5, 0.6) is 0 Å². The molecule has 1 aromatic heterocycles. The number of benzene rings is 6. The first-order valence-corrected chi connectivity index (χ1v) is 15.5. The van der Waals surface area contributed by atoms with Crippen LogP contribution in [0.1, 0.15) is 0 Å². The van der Waals surface area contributed by atoms with Crippen LogP contribution in [-0.2, 0) is 11.8 Å². The second-order valence-corrected chi connectivity index (χ2v) is 14.0. The van der Waals surface area contributed by atoms with Gasteiger partial charge in [-0.2, -0.15) is 0 Å². The van der Waals surface area contributed by atoms with Crippen LogP contribution >= 0.6 is 6.04 Å². The number of hydrogen-bond donors (Lipinski definition) is 0. The zero-order chi connectivity index (χ0) is 25.5. The summed E-state index contributed by atoms with van der Waals surface area (Å²) in [6, 6.07) is 47.5. The van der Waals surface area contributed by atoms with Gasteiger partial charge < -0.3 is 0 Å². The van der Waals surface area contributed by atoms with E-state index in [0.29, 0.717) is 0 Å². The Bertz CT molecular complexity index is 2000. The third-order valence-electron chi connectivity index (χ3n) is 7.37. The summed E-state index contributed by atoms with van der Waals surface area (Å²) < 4.78 is 0. The number of pyridine rings is 1. The van der Waals surface area contributed by atoms with Crippen molar-refractivity contribution in [2.45, 2.75) is 0 Å². The molecule has 3 heteroatoms. The largest absolute Gasteiger partial charge is 0.256 e. The standard InChI is InChI=1S/C35H24NPS/c38-37(29-12-2-1-3-13-29,31-21-16-25-9-4-5-10-27(25)23-31)30-19-17-26(18-20-30)34-24-28-11-6-7-14-32(28)35-33(34)15-8-22-36-35/h1-24H. The van der Waals surface area contributed by atoms with E-state index in [1.165, 1.54) is 48.6 Å². The molecule has 1 heterocycles. The summed E-state index contributed by atoms with van der Waals surface area (Å²) in [4.78, 5) is 4.75. The van der Waals surface area contributed by atoms with Gasteiger partial charge in [0.2, 0.25) is 0 Å². The smallest absolute Gasteiger partial charge is 0.0786 e. The van der Waals surface area contributed by atoms with Crippen LogP contribution in [0.2, 0.25) is 0 Å². The molecule has 180 valence electrons. The minimum absolute atomic E-state index is 1.04. The summed E-state index contributed by atoms with van der Waals surface area (Å²) in [6.45, 7) is 0. The van der Waals surface area contributed by atoms with E-state index in [2.05, 4.69) is 133 Å². The summed E-state index contributed by atoms with van der Waals surface area (Å²) in [7, 11) is 0. The first-order chi connectivity index (χ1) is 18.7. The van der Waals surface area contributed by atoms with Gasteiger partial charge in [0.05, 0.1) is 5.52 Å². The van der Waals surface area contributed by atoms with E-state index in [-0.39, 0.29) is 0 Å². The molecule has 0 fully saturated rings. The van der Waals surface area contributed by atoms with Gasteiger partial charge in [0.25, 0.3) is 0 Å². The van der Waals surface area contributed by atoms with Crippen LogP contribution < -0.4 is 15.9 Å². The minimum Gasteiger partial charge on any atom is -0.256 e. The summed E-state index contributed by atoms with van der Waals surface area (Å²) in [5, 5.41) is 9.61. The maximum Gasteiger partial charge on any atom is 0.0786 e. The highest BCUT2D eigenvalue weighted by atomic mass is 32.4. The highest BCUT2D eigenvalue weighted by Gasteiger charge is 2.25. The molecule has 1 atom stereocenters. The molecule has 0 saturated heterocycles. The van der Waals surface area contributed by atoms with Gasteiger partial charge in [-0.15, -0.1) is 0 Å². The summed E-state index contributed by atoms with van der Waals surface area (Å²) in [5.74, 6) is 0. The second-order valence-electron chi connectivity index (χ2n) is 9.57. The molecule has 7 rings (SSSR count). The Kier molecular flexibility index (Phi) is 5.66. The van der Waals surface area contributed by atoms with Gasteiger partial charge in [0, 0.05) is 23.0 Å². The predicted molar refractivity (Wildman–Crippen MR) is 168 cm³/mol. The fraction of sp³-hybridized carbons (Fsp3) is 0. The van der Waals surface area contributed by atoms with Crippen molar-refractivity contribution in [2.75, 3.05) is 0 Å². The molecule has 0 aliphatic heterocycles. The van der Waals surface area contributed by atoms with Crippen molar-refractivity contribution in [3.63, 3.8) is 0 Å². The van der Waals surface area contributed by atoms with E-state index in [0.717, 1.165) is 10.9 Å². The van der Waals surface area contributed by atoms with E-state index < -0.39 is 6.04 Å². The van der Waals surface area contributed by atoms with Crippen LogP contribution in [-0.4, -0.2) is 4.98 Å². The third-order valence-corrected chi connectivity index (χ3v) is 12.3. The molecule has 1 nitrogen and oxygen atoms in total. The number of hydrogen-bond acceptors (Lipinski definition) is 2. The average Bonchev–Trinajstić information content (AvgIpc) is 3.00. The normalized spacial score (nSPS) is 13.1. The molecule has 1 unspecified atom stereocenters. The van der Waals surface area contributed by atoms with Crippen molar-refractivity contribution in [3.8, 4) is 11.1 Å². The van der Waals surface area contributed by atoms with Crippen molar-refractivity contribution >= 4 is 66.2 Å². The highest BCUT2D eigenvalue weighted by Crippen LogP contribution is 2.44. The van der Waals surface area contributed by atoms with E-state index in [9.17, 15) is 0 Å². The lowest BCUT2D eigenvalue weighted by atomic mass is 9.96. The molecule has 0 aliphatic carbocycles. The second kappa shape index (κ2) is 9.33. The molecular formula is C35H24NPS. The Morgan fingerprint density at radius 2 is 1.11 bits per heavy atom. The molecule has 0 amide bonds. The maximum absolute atomic E-state index is 6.67. The van der Waals surface area contributed by atoms with E-state index in [1.807, 2.05) is 12.3 Å². The fourth-order valence-corrected chi connectivity index (χ4v) is 9.19. The van der Waals surface area contributed by atoms with Crippen LogP contribution in [0.15, 0.2) is 146 Å². The van der Waals surface area contributed by atoms with Crippen LogP contribution in [0.25, 0.3) is 43.6 Å². The Balaban J connectivity index is 1.41. The molecule has 0 radical (unpaired) electrons. The lowest BCUT2D eigenvalue weighted by Gasteiger charge is -2.25. The monoisotopic (exact) mass is 521 g/mol. The molecule has 0 N–H and O–H groups in total. The summed E-state index contributed by atoms with van der Waals surface area (Å²) in [6.07, 6.45) is 1.88. The van der Waals surface area contributed by atoms with Gasteiger partial charge in [-0.3, -0.25) is 4.98 Å². The summed E-state index contributed by atoms with van der Waals surface area (Å²) >= 11 is 6.67. The van der Waals surface area contributed by atoms with E-state index >= 15 is 0 Å². The Morgan fingerprint density at radius 1 is 0.474 bits per heavy atom. The SMILES string of the molecule is S=P(c1ccccc1)(c1ccc(-c2cc3ccccc3c3ncccc23)cc1)c1ccc2ccccc2c1. The number of rotatable bonds is 4. The van der Waals surface area contributed by atoms with Crippen molar-refractivity contribution in [3.05, 3.63) is 146 Å². The van der Waals surface area contributed by atoms with Gasteiger partial charge in [0.1, 0.15) is 0 Å². The minimum atomic E-state index is -2.26. The molecule has 0 bridgehead atoms. The van der Waals surface area contributed by atoms with Crippen LogP contribution in [0, 0.1) is 0 Å². The first kappa shape index (κ1) is 23.0. The topological polar surface area (TPSA) is 12.9 Å². The molecule has 0 aliphatic rings. The van der Waals surface area contributed by atoms with Gasteiger partial charge in [-0.05, 0) is 61.4 Å². The average molecular weight is 522 g/mol. The van der Waals surface area contributed by atoms with Gasteiger partial charge in [0.15, 0.2) is 0 Å². The molecule has 6 aromatic carbocycles. The molecular weight excluding hydrogens is 497 g/mol. The first-order valence-electron chi connectivity index (χ1n) is 12.7. The van der Waals surface area contributed by atoms with Gasteiger partial charge in [-0.25, -0.2) is 0 Å². The zero-order valence-corrected chi connectivity index (χ0v) is 22.4. The Hall–Kier alpha value is -4.10. The van der Waals surface area contributed by atoms with Crippen molar-refractivity contribution in [1.29, 1.82) is 0 Å². The summed E-state index contributed by atoms with van der Waals surface area (Å²) in [5.41, 5.74) is 3.40. The van der Waals surface area contributed by atoms with Crippen LogP contribution in [0.3, 0.4) is 0 Å². The maximum atomic E-state index is 6.67. The molecule has 7 aromatic rings. The number of aromatic nitrogens is 1. The number of nitrogens with zero attached hydrogens (tertiary/aromatic N) is 1. The molecule has 38 heavy (non-hydrogen) atoms. The molecule has 0 spiro atoms. The predicted octanol–water partition coefficient (Wildman–Crippen LogP) is 7.96. The third kappa shape index (κ3) is 3.77. The lowest BCUT2D eigenvalue weighted by Crippen LogP contribution is -2.24. The van der Waals surface area contributed by atoms with Crippen LogP contribution in [0.4, 0.5) is 0 Å². The fourth-order valence-electron chi connectivity index (χ4n) is 5.46.